The summed E-state index contributed by atoms with van der Waals surface area (Å²) >= 11 is 0. The van der Waals surface area contributed by atoms with Crippen LogP contribution in [0.3, 0.4) is 0 Å². The molecule has 1 aliphatic heterocycles. The van der Waals surface area contributed by atoms with Gasteiger partial charge in [-0.1, -0.05) is 18.2 Å². The fraction of sp³-hybridized carbons (Fsp3) is 0.529. The molecule has 1 aliphatic rings. The van der Waals surface area contributed by atoms with Gasteiger partial charge in [0.2, 0.25) is 17.7 Å². The molecule has 0 aliphatic carbocycles. The maximum atomic E-state index is 12.1. The largest absolute Gasteiger partial charge is 0.481 e. The van der Waals surface area contributed by atoms with Crippen molar-refractivity contribution in [1.82, 2.24) is 15.5 Å². The first-order valence-electron chi connectivity index (χ1n) is 8.86. The number of carbonyl (C=O) groups is 2. The van der Waals surface area contributed by atoms with E-state index >= 15 is 0 Å². The molecule has 0 spiro atoms. The fourth-order valence-corrected chi connectivity index (χ4v) is 2.68. The second kappa shape index (κ2) is 10.0. The number of rotatable bonds is 8. The molecule has 2 heterocycles. The average molecular weight is 377 g/mol. The van der Waals surface area contributed by atoms with Crippen LogP contribution >= 0.6 is 0 Å². The third-order valence-corrected chi connectivity index (χ3v) is 4.13. The van der Waals surface area contributed by atoms with Crippen LogP contribution in [0.5, 0.6) is 0 Å². The van der Waals surface area contributed by atoms with Gasteiger partial charge in [-0.2, -0.15) is 0 Å². The van der Waals surface area contributed by atoms with Gasteiger partial charge in [-0.15, -0.1) is 10.2 Å². The maximum absolute atomic E-state index is 12.1. The van der Waals surface area contributed by atoms with E-state index in [1.54, 1.807) is 0 Å². The highest BCUT2D eigenvalue weighted by molar-refractivity contribution is 6.45. The zero-order chi connectivity index (χ0) is 19.8. The Bertz CT molecular complexity index is 717. The van der Waals surface area contributed by atoms with Gasteiger partial charge in [-0.3, -0.25) is 9.59 Å². The summed E-state index contributed by atoms with van der Waals surface area (Å²) in [5.41, 5.74) is 0.828. The van der Waals surface area contributed by atoms with Gasteiger partial charge in [0.25, 0.3) is 0 Å². The number of hydrogen-bond donors (Lipinski definition) is 3. The van der Waals surface area contributed by atoms with Crippen LogP contribution in [0.1, 0.15) is 51.3 Å². The van der Waals surface area contributed by atoms with Crippen LogP contribution in [0.25, 0.3) is 5.57 Å². The van der Waals surface area contributed by atoms with Crippen molar-refractivity contribution in [2.24, 2.45) is 0 Å². The van der Waals surface area contributed by atoms with Gasteiger partial charge < -0.3 is 24.5 Å². The number of nitrogens with one attached hydrogen (secondary N) is 1. The number of aryl methyl sites for hydroxylation is 1. The third-order valence-electron chi connectivity index (χ3n) is 4.13. The second-order valence-corrected chi connectivity index (χ2v) is 6.37. The monoisotopic (exact) mass is 377 g/mol. The molecule has 2 atom stereocenters. The SMILES string of the molecule is C/C=C\C=C(/C)c1nnc(CCC(=O)N[C@H]2CC[C@@H](CC(=O)O)OB2O)o1. The summed E-state index contributed by atoms with van der Waals surface area (Å²) in [5, 5.41) is 29.3. The van der Waals surface area contributed by atoms with Crippen molar-refractivity contribution < 1.29 is 28.8 Å². The highest BCUT2D eigenvalue weighted by Crippen LogP contribution is 2.19. The number of hydrogen-bond acceptors (Lipinski definition) is 7. The Hall–Kier alpha value is -2.46. The number of aliphatic carboxylic acids is 1. The Kier molecular flexibility index (Phi) is 7.74. The third kappa shape index (κ3) is 6.65. The van der Waals surface area contributed by atoms with Gasteiger partial charge in [0, 0.05) is 18.4 Å². The summed E-state index contributed by atoms with van der Waals surface area (Å²) in [6.07, 6.45) is 6.21. The molecule has 0 saturated carbocycles. The van der Waals surface area contributed by atoms with Gasteiger partial charge in [0.1, 0.15) is 0 Å². The molecule has 1 aromatic heterocycles. The summed E-state index contributed by atoms with van der Waals surface area (Å²) in [6, 6.07) is 0. The van der Waals surface area contributed by atoms with Crippen molar-refractivity contribution in [1.29, 1.82) is 0 Å². The van der Waals surface area contributed by atoms with E-state index in [1.807, 2.05) is 32.1 Å². The van der Waals surface area contributed by atoms with E-state index in [4.69, 9.17) is 14.2 Å². The number of carboxylic acid groups (broad SMARTS) is 1. The first-order chi connectivity index (χ1) is 12.9. The Morgan fingerprint density at radius 2 is 2.15 bits per heavy atom. The molecule has 10 heteroatoms. The van der Waals surface area contributed by atoms with Crippen molar-refractivity contribution in [3.05, 3.63) is 30.0 Å². The van der Waals surface area contributed by atoms with Crippen molar-refractivity contribution in [3.63, 3.8) is 0 Å². The highest BCUT2D eigenvalue weighted by atomic mass is 16.5. The van der Waals surface area contributed by atoms with Crippen molar-refractivity contribution in [3.8, 4) is 0 Å². The van der Waals surface area contributed by atoms with Crippen molar-refractivity contribution >= 4 is 24.6 Å². The molecule has 1 amide bonds. The van der Waals surface area contributed by atoms with Gasteiger partial charge in [0.15, 0.2) is 0 Å². The number of allylic oxidation sites excluding steroid dienone is 4. The Morgan fingerprint density at radius 3 is 2.81 bits per heavy atom. The molecule has 0 radical (unpaired) electrons. The second-order valence-electron chi connectivity index (χ2n) is 6.37. The molecule has 1 saturated heterocycles. The first kappa shape index (κ1) is 20.9. The summed E-state index contributed by atoms with van der Waals surface area (Å²) in [6.45, 7) is 3.76. The van der Waals surface area contributed by atoms with Crippen molar-refractivity contribution in [2.45, 2.75) is 58.0 Å². The lowest BCUT2D eigenvalue weighted by Crippen LogP contribution is -2.53. The molecular formula is C17H24BN3O6. The van der Waals surface area contributed by atoms with Crippen LogP contribution in [0, 0.1) is 0 Å². The fourth-order valence-electron chi connectivity index (χ4n) is 2.68. The summed E-state index contributed by atoms with van der Waals surface area (Å²) in [5.74, 6) is -1.06. The molecular weight excluding hydrogens is 353 g/mol. The van der Waals surface area contributed by atoms with Crippen LogP contribution in [0.2, 0.25) is 0 Å². The van der Waals surface area contributed by atoms with E-state index in [2.05, 4.69) is 15.5 Å². The van der Waals surface area contributed by atoms with Gasteiger partial charge in [-0.05, 0) is 26.7 Å². The molecule has 9 nitrogen and oxygen atoms in total. The molecule has 0 aromatic carbocycles. The lowest BCUT2D eigenvalue weighted by atomic mass is 9.72. The maximum Gasteiger partial charge on any atom is 0.478 e. The minimum atomic E-state index is -1.22. The number of carbonyl (C=O) groups excluding carboxylic acids is 1. The molecule has 2 rings (SSSR count). The lowest BCUT2D eigenvalue weighted by molar-refractivity contribution is -0.139. The summed E-state index contributed by atoms with van der Waals surface area (Å²) < 4.78 is 10.8. The standard InChI is InChI=1S/C17H24BN3O6/c1-3-4-5-11(2)17-21-20-15(26-17)9-8-14(22)19-13-7-6-12(10-16(23)24)27-18(13)25/h3-5,12-13,25H,6-10H2,1-2H3,(H,19,22)(H,23,24)/b4-3-,11-5+/t12-,13-/m0/s1. The number of nitrogens with zero attached hydrogens (tertiary/aromatic N) is 2. The Balaban J connectivity index is 1.78. The molecule has 0 unspecified atom stereocenters. The van der Waals surface area contributed by atoms with Crippen molar-refractivity contribution in [2.75, 3.05) is 0 Å². The van der Waals surface area contributed by atoms with Gasteiger partial charge >= 0.3 is 13.1 Å². The number of amides is 1. The van der Waals surface area contributed by atoms with E-state index in [0.717, 1.165) is 5.57 Å². The van der Waals surface area contributed by atoms with Gasteiger partial charge in [0.05, 0.1) is 18.5 Å². The van der Waals surface area contributed by atoms with E-state index in [9.17, 15) is 14.6 Å². The van der Waals surface area contributed by atoms with Crippen LogP contribution in [0.4, 0.5) is 0 Å². The Labute approximate surface area is 157 Å². The lowest BCUT2D eigenvalue weighted by Gasteiger charge is -2.30. The zero-order valence-corrected chi connectivity index (χ0v) is 15.4. The topological polar surface area (TPSA) is 135 Å². The summed E-state index contributed by atoms with van der Waals surface area (Å²) in [7, 11) is -1.22. The number of carboxylic acids is 1. The molecule has 146 valence electrons. The molecule has 27 heavy (non-hydrogen) atoms. The highest BCUT2D eigenvalue weighted by Gasteiger charge is 2.36. The number of aromatic nitrogens is 2. The van der Waals surface area contributed by atoms with Crippen LogP contribution in [-0.2, 0) is 20.7 Å². The normalized spacial score (nSPS) is 20.9. The predicted octanol–water partition coefficient (Wildman–Crippen LogP) is 1.14. The minimum absolute atomic E-state index is 0.126. The van der Waals surface area contributed by atoms with Crippen LogP contribution < -0.4 is 5.32 Å². The molecule has 3 N–H and O–H groups in total. The summed E-state index contributed by atoms with van der Waals surface area (Å²) in [4.78, 5) is 22.8. The van der Waals surface area contributed by atoms with Gasteiger partial charge in [-0.25, -0.2) is 0 Å². The Morgan fingerprint density at radius 1 is 1.37 bits per heavy atom. The quantitative estimate of drug-likeness (QED) is 0.453. The molecule has 0 bridgehead atoms. The minimum Gasteiger partial charge on any atom is -0.481 e. The molecule has 1 aromatic rings. The first-order valence-corrected chi connectivity index (χ1v) is 8.86. The van der Waals surface area contributed by atoms with Crippen LogP contribution in [-0.4, -0.2) is 51.4 Å². The van der Waals surface area contributed by atoms with E-state index in [1.165, 1.54) is 0 Å². The van der Waals surface area contributed by atoms with E-state index in [0.29, 0.717) is 24.6 Å². The average Bonchev–Trinajstić information content (AvgIpc) is 3.09. The van der Waals surface area contributed by atoms with E-state index < -0.39 is 25.1 Å². The molecule has 1 fully saturated rings. The smallest absolute Gasteiger partial charge is 0.478 e. The van der Waals surface area contributed by atoms with Crippen LogP contribution in [0.15, 0.2) is 22.6 Å². The van der Waals surface area contributed by atoms with E-state index in [-0.39, 0.29) is 25.2 Å². The zero-order valence-electron chi connectivity index (χ0n) is 15.4. The predicted molar refractivity (Wildman–Crippen MR) is 97.3 cm³/mol.